The third-order valence-corrected chi connectivity index (χ3v) is 6.89. The van der Waals surface area contributed by atoms with Gasteiger partial charge in [0.15, 0.2) is 22.5 Å². The Kier molecular flexibility index (Phi) is 7.99. The summed E-state index contributed by atoms with van der Waals surface area (Å²) in [7, 11) is 0. The smallest absolute Gasteiger partial charge is 0.233 e. The van der Waals surface area contributed by atoms with Gasteiger partial charge in [-0.2, -0.15) is 0 Å². The van der Waals surface area contributed by atoms with Gasteiger partial charge < -0.3 is 10.1 Å². The number of rotatable bonds is 9. The highest BCUT2D eigenvalue weighted by molar-refractivity contribution is 8.00. The van der Waals surface area contributed by atoms with Crippen molar-refractivity contribution in [2.24, 2.45) is 5.92 Å². The normalized spacial score (nSPS) is 15.2. The van der Waals surface area contributed by atoms with Gasteiger partial charge in [-0.25, -0.2) is 4.39 Å². The van der Waals surface area contributed by atoms with E-state index < -0.39 is 5.82 Å². The molecular weight excluding hydrogens is 439 g/mol. The van der Waals surface area contributed by atoms with E-state index in [4.69, 9.17) is 4.74 Å². The Morgan fingerprint density at radius 1 is 1.12 bits per heavy atom. The summed E-state index contributed by atoms with van der Waals surface area (Å²) in [5.74, 6) is 0.833. The Morgan fingerprint density at radius 2 is 1.85 bits per heavy atom. The molecule has 174 valence electrons. The molecule has 3 aromatic rings. The minimum Gasteiger partial charge on any atom is -0.483 e. The van der Waals surface area contributed by atoms with Crippen LogP contribution in [0.15, 0.2) is 59.8 Å². The quantitative estimate of drug-likeness (QED) is 0.439. The van der Waals surface area contributed by atoms with Crippen LogP contribution in [0.4, 0.5) is 4.39 Å². The number of amides is 1. The lowest BCUT2D eigenvalue weighted by atomic mass is 9.89. The van der Waals surface area contributed by atoms with Crippen LogP contribution in [0, 0.1) is 11.7 Å². The van der Waals surface area contributed by atoms with Gasteiger partial charge in [0, 0.05) is 12.2 Å². The molecule has 0 aliphatic heterocycles. The van der Waals surface area contributed by atoms with Crippen LogP contribution < -0.4 is 10.1 Å². The summed E-state index contributed by atoms with van der Waals surface area (Å²) >= 11 is 1.35. The Balaban J connectivity index is 1.46. The molecule has 0 radical (unpaired) electrons. The van der Waals surface area contributed by atoms with Gasteiger partial charge in [0.2, 0.25) is 5.91 Å². The molecule has 1 saturated carbocycles. The Morgan fingerprint density at radius 3 is 2.61 bits per heavy atom. The van der Waals surface area contributed by atoms with Crippen molar-refractivity contribution in [2.45, 2.75) is 56.0 Å². The summed E-state index contributed by atoms with van der Waals surface area (Å²) in [5.41, 5.74) is 0.854. The summed E-state index contributed by atoms with van der Waals surface area (Å²) in [4.78, 5) is 12.7. The highest BCUT2D eigenvalue weighted by Crippen LogP contribution is 2.27. The lowest BCUT2D eigenvalue weighted by molar-refractivity contribution is -0.120. The van der Waals surface area contributed by atoms with Crippen LogP contribution in [0.5, 0.6) is 5.75 Å². The maximum absolute atomic E-state index is 14.0. The van der Waals surface area contributed by atoms with Crippen molar-refractivity contribution >= 4 is 17.7 Å². The van der Waals surface area contributed by atoms with E-state index in [1.54, 1.807) is 18.2 Å². The van der Waals surface area contributed by atoms with E-state index in [-0.39, 0.29) is 23.5 Å². The van der Waals surface area contributed by atoms with Gasteiger partial charge in [-0.05, 0) is 49.9 Å². The molecule has 1 atom stereocenters. The largest absolute Gasteiger partial charge is 0.483 e. The third kappa shape index (κ3) is 6.13. The molecule has 1 N–H and O–H groups in total. The lowest BCUT2D eigenvalue weighted by Gasteiger charge is -2.22. The van der Waals surface area contributed by atoms with Crippen molar-refractivity contribution < 1.29 is 13.9 Å². The van der Waals surface area contributed by atoms with Crippen molar-refractivity contribution in [3.05, 3.63) is 66.2 Å². The summed E-state index contributed by atoms with van der Waals surface area (Å²) in [6, 6.07) is 15.9. The monoisotopic (exact) mass is 468 g/mol. The SMILES string of the molecule is C[C@@H](Sc1nnc(COc2ccccc2F)n1-c1ccccc1)C(=O)NCC1CCCCC1. The van der Waals surface area contributed by atoms with E-state index in [2.05, 4.69) is 15.5 Å². The van der Waals surface area contributed by atoms with Crippen molar-refractivity contribution in [1.82, 2.24) is 20.1 Å². The van der Waals surface area contributed by atoms with Crippen LogP contribution in [0.3, 0.4) is 0 Å². The first kappa shape index (κ1) is 23.3. The van der Waals surface area contributed by atoms with E-state index in [0.29, 0.717) is 16.9 Å². The van der Waals surface area contributed by atoms with Crippen LogP contribution in [0.2, 0.25) is 0 Å². The number of para-hydroxylation sites is 2. The fourth-order valence-corrected chi connectivity index (χ4v) is 4.91. The molecule has 0 spiro atoms. The predicted octanol–water partition coefficient (Wildman–Crippen LogP) is 5.16. The molecule has 1 heterocycles. The van der Waals surface area contributed by atoms with Gasteiger partial charge in [0.1, 0.15) is 6.61 Å². The molecule has 4 rings (SSSR count). The number of halogens is 1. The van der Waals surface area contributed by atoms with Crippen LogP contribution in [0.1, 0.15) is 44.9 Å². The van der Waals surface area contributed by atoms with Gasteiger partial charge in [0.05, 0.1) is 5.25 Å². The minimum atomic E-state index is -0.430. The first-order valence-corrected chi connectivity index (χ1v) is 12.3. The van der Waals surface area contributed by atoms with Crippen molar-refractivity contribution in [3.8, 4) is 11.4 Å². The van der Waals surface area contributed by atoms with Crippen LogP contribution in [-0.4, -0.2) is 32.5 Å². The summed E-state index contributed by atoms with van der Waals surface area (Å²) < 4.78 is 21.5. The van der Waals surface area contributed by atoms with Crippen molar-refractivity contribution in [3.63, 3.8) is 0 Å². The van der Waals surface area contributed by atoms with Gasteiger partial charge in [0.25, 0.3) is 0 Å². The lowest BCUT2D eigenvalue weighted by Crippen LogP contribution is -2.35. The topological polar surface area (TPSA) is 69.0 Å². The molecule has 33 heavy (non-hydrogen) atoms. The minimum absolute atomic E-state index is 0.00246. The molecule has 1 aliphatic carbocycles. The van der Waals surface area contributed by atoms with E-state index in [1.807, 2.05) is 41.8 Å². The van der Waals surface area contributed by atoms with Crippen molar-refractivity contribution in [2.75, 3.05) is 6.54 Å². The first-order chi connectivity index (χ1) is 16.1. The highest BCUT2D eigenvalue weighted by atomic mass is 32.2. The number of benzene rings is 2. The number of nitrogens with one attached hydrogen (secondary N) is 1. The number of hydrogen-bond donors (Lipinski definition) is 1. The molecule has 2 aromatic carbocycles. The zero-order chi connectivity index (χ0) is 23.0. The first-order valence-electron chi connectivity index (χ1n) is 11.4. The predicted molar refractivity (Wildman–Crippen MR) is 127 cm³/mol. The zero-order valence-corrected chi connectivity index (χ0v) is 19.6. The molecule has 0 saturated heterocycles. The van der Waals surface area contributed by atoms with Crippen molar-refractivity contribution in [1.29, 1.82) is 0 Å². The molecular formula is C25H29FN4O2S. The average molecular weight is 469 g/mol. The number of carbonyl (C=O) groups excluding carboxylic acids is 1. The molecule has 0 unspecified atom stereocenters. The van der Waals surface area contributed by atoms with Gasteiger partial charge >= 0.3 is 0 Å². The Hall–Kier alpha value is -2.87. The average Bonchev–Trinajstić information content (AvgIpc) is 3.25. The molecule has 0 bridgehead atoms. The number of nitrogens with zero attached hydrogens (tertiary/aromatic N) is 3. The highest BCUT2D eigenvalue weighted by Gasteiger charge is 2.22. The fourth-order valence-electron chi connectivity index (χ4n) is 4.00. The van der Waals surface area contributed by atoms with Gasteiger partial charge in [-0.1, -0.05) is 61.4 Å². The second-order valence-electron chi connectivity index (χ2n) is 8.30. The van der Waals surface area contributed by atoms with E-state index in [0.717, 1.165) is 12.2 Å². The van der Waals surface area contributed by atoms with Crippen LogP contribution in [0.25, 0.3) is 5.69 Å². The number of carbonyl (C=O) groups is 1. The molecule has 1 amide bonds. The third-order valence-electron chi connectivity index (χ3n) is 5.85. The molecule has 1 aromatic heterocycles. The number of aromatic nitrogens is 3. The van der Waals surface area contributed by atoms with Crippen LogP contribution >= 0.6 is 11.8 Å². The zero-order valence-electron chi connectivity index (χ0n) is 18.7. The second-order valence-corrected chi connectivity index (χ2v) is 9.61. The fraction of sp³-hybridized carbons (Fsp3) is 0.400. The maximum atomic E-state index is 14.0. The Bertz CT molecular complexity index is 1050. The molecule has 1 aliphatic rings. The van der Waals surface area contributed by atoms with E-state index in [9.17, 15) is 9.18 Å². The van der Waals surface area contributed by atoms with E-state index >= 15 is 0 Å². The van der Waals surface area contributed by atoms with Gasteiger partial charge in [-0.3, -0.25) is 9.36 Å². The molecule has 8 heteroatoms. The summed E-state index contributed by atoms with van der Waals surface area (Å²) in [6.45, 7) is 2.66. The number of hydrogen-bond acceptors (Lipinski definition) is 5. The standard InChI is InChI=1S/C25H29FN4O2S/c1-18(24(31)27-16-19-10-4-2-5-11-19)33-25-29-28-23(30(25)20-12-6-3-7-13-20)17-32-22-15-9-8-14-21(22)26/h3,6-9,12-15,18-19H,2,4-5,10-11,16-17H2,1H3,(H,27,31)/t18-/m1/s1. The summed E-state index contributed by atoms with van der Waals surface area (Å²) in [5, 5.41) is 12.0. The maximum Gasteiger partial charge on any atom is 0.233 e. The summed E-state index contributed by atoms with van der Waals surface area (Å²) in [6.07, 6.45) is 6.19. The molecule has 1 fully saturated rings. The molecule has 6 nitrogen and oxygen atoms in total. The Labute approximate surface area is 197 Å². The number of ether oxygens (including phenoxy) is 1. The second kappa shape index (κ2) is 11.3. The van der Waals surface area contributed by atoms with Crippen LogP contribution in [-0.2, 0) is 11.4 Å². The number of thioether (sulfide) groups is 1. The van der Waals surface area contributed by atoms with Gasteiger partial charge in [-0.15, -0.1) is 10.2 Å². The van der Waals surface area contributed by atoms with E-state index in [1.165, 1.54) is 49.9 Å².